The molecule has 0 unspecified atom stereocenters. The van der Waals surface area contributed by atoms with Crippen LogP contribution in [-0.4, -0.2) is 38.3 Å². The molecule has 0 fully saturated rings. The summed E-state index contributed by atoms with van der Waals surface area (Å²) in [5, 5.41) is 0. The van der Waals surface area contributed by atoms with Crippen molar-refractivity contribution in [2.24, 2.45) is 5.73 Å². The third-order valence-corrected chi connectivity index (χ3v) is 3.20. The third kappa shape index (κ3) is 2.96. The van der Waals surface area contributed by atoms with Crippen LogP contribution < -0.4 is 10.6 Å². The van der Waals surface area contributed by atoms with E-state index < -0.39 is 0 Å². The number of anilines is 1. The summed E-state index contributed by atoms with van der Waals surface area (Å²) < 4.78 is 5.12. The number of aryl methyl sites for hydroxylation is 2. The lowest BCUT2D eigenvalue weighted by Gasteiger charge is -2.23. The maximum atomic E-state index is 5.64. The van der Waals surface area contributed by atoms with Crippen LogP contribution in [0.25, 0.3) is 0 Å². The third-order valence-electron chi connectivity index (χ3n) is 3.20. The monoisotopic (exact) mass is 235 g/mol. The topological polar surface area (TPSA) is 51.4 Å². The highest BCUT2D eigenvalue weighted by atomic mass is 16.5. The zero-order valence-corrected chi connectivity index (χ0v) is 10.5. The normalized spacial score (nSPS) is 13.8. The van der Waals surface area contributed by atoms with Gasteiger partial charge in [-0.05, 0) is 30.9 Å². The van der Waals surface area contributed by atoms with Crippen molar-refractivity contribution < 1.29 is 4.74 Å². The van der Waals surface area contributed by atoms with Crippen LogP contribution in [0.5, 0.6) is 0 Å². The lowest BCUT2D eigenvalue weighted by Crippen LogP contribution is -2.33. The van der Waals surface area contributed by atoms with Crippen LogP contribution in [0.3, 0.4) is 0 Å². The zero-order valence-electron chi connectivity index (χ0n) is 10.5. The second-order valence-electron chi connectivity index (χ2n) is 4.40. The van der Waals surface area contributed by atoms with Gasteiger partial charge in [-0.1, -0.05) is 6.07 Å². The minimum atomic E-state index is 0.641. The van der Waals surface area contributed by atoms with Gasteiger partial charge in [0.05, 0.1) is 6.61 Å². The number of pyridine rings is 1. The predicted molar refractivity (Wildman–Crippen MR) is 69.4 cm³/mol. The van der Waals surface area contributed by atoms with E-state index in [-0.39, 0.29) is 0 Å². The van der Waals surface area contributed by atoms with Gasteiger partial charge < -0.3 is 15.4 Å². The van der Waals surface area contributed by atoms with Gasteiger partial charge >= 0.3 is 0 Å². The van der Waals surface area contributed by atoms with Gasteiger partial charge in [0.1, 0.15) is 5.82 Å². The van der Waals surface area contributed by atoms with E-state index in [1.807, 2.05) is 0 Å². The highest BCUT2D eigenvalue weighted by molar-refractivity contribution is 5.43. The average molecular weight is 235 g/mol. The molecule has 0 amide bonds. The first-order valence-electron chi connectivity index (χ1n) is 6.28. The lowest BCUT2D eigenvalue weighted by atomic mass is 10.2. The van der Waals surface area contributed by atoms with Crippen molar-refractivity contribution in [3.8, 4) is 0 Å². The SMILES string of the molecule is COCCN(CCN)c1ccc2c(n1)CCC2. The van der Waals surface area contributed by atoms with Crippen molar-refractivity contribution in [1.29, 1.82) is 0 Å². The Morgan fingerprint density at radius 3 is 3.00 bits per heavy atom. The molecule has 0 spiro atoms. The van der Waals surface area contributed by atoms with Crippen molar-refractivity contribution >= 4 is 5.82 Å². The Kier molecular flexibility index (Phi) is 4.34. The Bertz CT molecular complexity index is 368. The molecule has 1 aliphatic rings. The van der Waals surface area contributed by atoms with Gasteiger partial charge in [-0.3, -0.25) is 0 Å². The van der Waals surface area contributed by atoms with Gasteiger partial charge in [0.25, 0.3) is 0 Å². The maximum absolute atomic E-state index is 5.64. The minimum absolute atomic E-state index is 0.641. The number of ether oxygens (including phenoxy) is 1. The van der Waals surface area contributed by atoms with Crippen LogP contribution in [0.4, 0.5) is 5.82 Å². The number of nitrogens with two attached hydrogens (primary N) is 1. The van der Waals surface area contributed by atoms with Crippen molar-refractivity contribution in [1.82, 2.24) is 4.98 Å². The molecule has 17 heavy (non-hydrogen) atoms. The van der Waals surface area contributed by atoms with E-state index in [0.717, 1.165) is 25.3 Å². The summed E-state index contributed by atoms with van der Waals surface area (Å²) in [6, 6.07) is 4.32. The summed E-state index contributed by atoms with van der Waals surface area (Å²) in [5.41, 5.74) is 8.32. The van der Waals surface area contributed by atoms with Crippen molar-refractivity contribution in [2.45, 2.75) is 19.3 Å². The first-order chi connectivity index (χ1) is 8.35. The number of rotatable bonds is 6. The number of methoxy groups -OCH3 is 1. The van der Waals surface area contributed by atoms with Gasteiger partial charge in [0, 0.05) is 32.4 Å². The molecule has 1 aliphatic carbocycles. The second kappa shape index (κ2) is 5.98. The second-order valence-corrected chi connectivity index (χ2v) is 4.40. The fourth-order valence-electron chi connectivity index (χ4n) is 2.28. The molecule has 4 nitrogen and oxygen atoms in total. The first kappa shape index (κ1) is 12.3. The number of hydrogen-bond acceptors (Lipinski definition) is 4. The smallest absolute Gasteiger partial charge is 0.128 e. The fraction of sp³-hybridized carbons (Fsp3) is 0.615. The standard InChI is InChI=1S/C13H21N3O/c1-17-10-9-16(8-7-14)13-6-5-11-3-2-4-12(11)15-13/h5-6H,2-4,7-10,14H2,1H3. The van der Waals surface area contributed by atoms with Crippen LogP contribution in [0, 0.1) is 0 Å². The van der Waals surface area contributed by atoms with Crippen LogP contribution in [0.15, 0.2) is 12.1 Å². The lowest BCUT2D eigenvalue weighted by molar-refractivity contribution is 0.205. The molecule has 94 valence electrons. The van der Waals surface area contributed by atoms with Crippen LogP contribution in [0.1, 0.15) is 17.7 Å². The quantitative estimate of drug-likeness (QED) is 0.798. The summed E-state index contributed by atoms with van der Waals surface area (Å²) in [4.78, 5) is 6.94. The minimum Gasteiger partial charge on any atom is -0.383 e. The Labute approximate surface area is 103 Å². The van der Waals surface area contributed by atoms with Crippen molar-refractivity contribution in [3.05, 3.63) is 23.4 Å². The van der Waals surface area contributed by atoms with E-state index in [0.29, 0.717) is 13.2 Å². The average Bonchev–Trinajstić information content (AvgIpc) is 2.81. The van der Waals surface area contributed by atoms with Gasteiger partial charge in [-0.25, -0.2) is 4.98 Å². The van der Waals surface area contributed by atoms with Gasteiger partial charge in [-0.15, -0.1) is 0 Å². The molecule has 2 N–H and O–H groups in total. The summed E-state index contributed by atoms with van der Waals surface area (Å²) in [6.45, 7) is 3.02. The molecule has 0 saturated heterocycles. The Balaban J connectivity index is 2.11. The number of nitrogens with zero attached hydrogens (tertiary/aromatic N) is 2. The Morgan fingerprint density at radius 1 is 1.35 bits per heavy atom. The van der Waals surface area contributed by atoms with E-state index in [4.69, 9.17) is 15.5 Å². The van der Waals surface area contributed by atoms with Crippen LogP contribution in [-0.2, 0) is 17.6 Å². The molecule has 1 aromatic rings. The zero-order chi connectivity index (χ0) is 12.1. The molecule has 2 rings (SSSR count). The molecule has 0 bridgehead atoms. The molecule has 0 atom stereocenters. The van der Waals surface area contributed by atoms with E-state index in [9.17, 15) is 0 Å². The molecule has 0 radical (unpaired) electrons. The highest BCUT2D eigenvalue weighted by Crippen LogP contribution is 2.23. The number of fused-ring (bicyclic) bond motifs is 1. The molecule has 0 aliphatic heterocycles. The predicted octanol–water partition coefficient (Wildman–Crippen LogP) is 0.982. The van der Waals surface area contributed by atoms with Crippen LogP contribution >= 0.6 is 0 Å². The largest absolute Gasteiger partial charge is 0.383 e. The van der Waals surface area contributed by atoms with E-state index in [2.05, 4.69) is 17.0 Å². The first-order valence-corrected chi connectivity index (χ1v) is 6.28. The van der Waals surface area contributed by atoms with Crippen molar-refractivity contribution in [3.63, 3.8) is 0 Å². The summed E-state index contributed by atoms with van der Waals surface area (Å²) in [5.74, 6) is 1.04. The van der Waals surface area contributed by atoms with Gasteiger partial charge in [-0.2, -0.15) is 0 Å². The van der Waals surface area contributed by atoms with Gasteiger partial charge in [0.15, 0.2) is 0 Å². The van der Waals surface area contributed by atoms with Crippen molar-refractivity contribution in [2.75, 3.05) is 38.3 Å². The summed E-state index contributed by atoms with van der Waals surface area (Å²) in [6.07, 6.45) is 3.53. The molecule has 1 aromatic heterocycles. The molecule has 1 heterocycles. The molecule has 4 heteroatoms. The molecule has 0 saturated carbocycles. The Hall–Kier alpha value is -1.13. The Morgan fingerprint density at radius 2 is 2.24 bits per heavy atom. The molecular weight excluding hydrogens is 214 g/mol. The summed E-state index contributed by atoms with van der Waals surface area (Å²) >= 11 is 0. The summed E-state index contributed by atoms with van der Waals surface area (Å²) in [7, 11) is 1.72. The van der Waals surface area contributed by atoms with E-state index in [1.165, 1.54) is 24.1 Å². The maximum Gasteiger partial charge on any atom is 0.128 e. The molecule has 0 aromatic carbocycles. The highest BCUT2D eigenvalue weighted by Gasteiger charge is 2.14. The fourth-order valence-corrected chi connectivity index (χ4v) is 2.28. The van der Waals surface area contributed by atoms with E-state index >= 15 is 0 Å². The van der Waals surface area contributed by atoms with Gasteiger partial charge in [0.2, 0.25) is 0 Å². The van der Waals surface area contributed by atoms with E-state index in [1.54, 1.807) is 7.11 Å². The molecular formula is C13H21N3O. The van der Waals surface area contributed by atoms with Crippen LogP contribution in [0.2, 0.25) is 0 Å². The number of hydrogen-bond donors (Lipinski definition) is 1. The number of aromatic nitrogens is 1.